The number of nitrogens with one attached hydrogen (secondary N) is 1. The van der Waals surface area contributed by atoms with Gasteiger partial charge in [0.05, 0.1) is 38.4 Å². The minimum atomic E-state index is -1.09. The highest BCUT2D eigenvalue weighted by Crippen LogP contribution is 2.58. The molecule has 0 aromatic heterocycles. The molecule has 0 aliphatic carbocycles. The molecule has 2 aromatic carbocycles. The van der Waals surface area contributed by atoms with Crippen molar-refractivity contribution < 1.29 is 29.6 Å². The largest absolute Gasteiger partial charge is 0.507 e. The van der Waals surface area contributed by atoms with Crippen molar-refractivity contribution in [3.63, 3.8) is 0 Å². The first-order chi connectivity index (χ1) is 18.9. The molecule has 6 N–H and O–H groups in total. The number of aryl methyl sites for hydroxylation is 1. The highest BCUT2D eigenvalue weighted by atomic mass is 16.5. The molecule has 5 atom stereocenters. The molecule has 0 saturated carbocycles. The third kappa shape index (κ3) is 3.78. The number of phenols is 3. The minimum absolute atomic E-state index is 0.00691. The molecule has 214 valence electrons. The monoisotopic (exact) mass is 551 g/mol. The highest BCUT2D eigenvalue weighted by Gasteiger charge is 2.59. The number of benzene rings is 2. The zero-order chi connectivity index (χ0) is 29.3. The second-order valence-electron chi connectivity index (χ2n) is 11.3. The van der Waals surface area contributed by atoms with Crippen LogP contribution in [0.2, 0.25) is 0 Å². The normalized spacial score (nSPS) is 26.1. The van der Waals surface area contributed by atoms with Crippen LogP contribution in [0.1, 0.15) is 52.4 Å². The van der Waals surface area contributed by atoms with Gasteiger partial charge in [-0.3, -0.25) is 14.6 Å². The Morgan fingerprint density at radius 2 is 1.85 bits per heavy atom. The number of piperazine rings is 1. The quantitative estimate of drug-likeness (QED) is 0.345. The SMILES string of the molecule is COc1c(C)cc2c(c1O)[C@@H]1C3Cc4c(O)c(C)c(OC)c(O)c4[C@H](CNC(=O)[C@H](C)N)N3[C@](C#N)(C2)CN1C. The molecule has 4 aliphatic rings. The maximum absolute atomic E-state index is 12.6. The van der Waals surface area contributed by atoms with Gasteiger partial charge in [0.2, 0.25) is 5.91 Å². The fraction of sp³-hybridized carbons (Fsp3) is 0.517. The van der Waals surface area contributed by atoms with Crippen molar-refractivity contribution in [1.29, 1.82) is 5.26 Å². The topological polar surface area (TPSA) is 165 Å². The van der Waals surface area contributed by atoms with E-state index in [1.165, 1.54) is 14.2 Å². The molecular weight excluding hydrogens is 514 g/mol. The smallest absolute Gasteiger partial charge is 0.236 e. The van der Waals surface area contributed by atoms with Crippen LogP contribution in [0.3, 0.4) is 0 Å². The number of phenolic OH excluding ortho intramolecular Hbond substituents is 3. The van der Waals surface area contributed by atoms with Gasteiger partial charge in [-0.25, -0.2) is 0 Å². The molecule has 0 radical (unpaired) electrons. The molecule has 0 spiro atoms. The van der Waals surface area contributed by atoms with E-state index in [0.29, 0.717) is 41.0 Å². The molecule has 6 rings (SSSR count). The van der Waals surface area contributed by atoms with Gasteiger partial charge in [-0.15, -0.1) is 0 Å². The molecule has 1 saturated heterocycles. The Morgan fingerprint density at radius 3 is 2.45 bits per heavy atom. The summed E-state index contributed by atoms with van der Waals surface area (Å²) in [7, 11) is 4.86. The van der Waals surface area contributed by atoms with E-state index in [4.69, 9.17) is 15.2 Å². The summed E-state index contributed by atoms with van der Waals surface area (Å²) >= 11 is 0. The van der Waals surface area contributed by atoms with E-state index in [0.717, 1.165) is 11.1 Å². The summed E-state index contributed by atoms with van der Waals surface area (Å²) in [6.07, 6.45) is 0.586. The van der Waals surface area contributed by atoms with Crippen molar-refractivity contribution in [2.24, 2.45) is 5.73 Å². The van der Waals surface area contributed by atoms with Gasteiger partial charge in [0.1, 0.15) is 11.3 Å². The van der Waals surface area contributed by atoms with Crippen LogP contribution in [-0.4, -0.2) is 83.0 Å². The summed E-state index contributed by atoms with van der Waals surface area (Å²) in [6.45, 7) is 5.49. The number of amides is 1. The fourth-order valence-corrected chi connectivity index (χ4v) is 7.33. The van der Waals surface area contributed by atoms with Crippen LogP contribution in [0, 0.1) is 25.2 Å². The van der Waals surface area contributed by atoms with Gasteiger partial charge in [-0.1, -0.05) is 6.07 Å². The predicted octanol–water partition coefficient (Wildman–Crippen LogP) is 1.67. The van der Waals surface area contributed by atoms with E-state index in [1.807, 2.05) is 20.0 Å². The Balaban J connectivity index is 1.80. The third-order valence-corrected chi connectivity index (χ3v) is 8.90. The van der Waals surface area contributed by atoms with Crippen LogP contribution in [0.15, 0.2) is 6.07 Å². The molecule has 1 amide bonds. The Hall–Kier alpha value is -3.72. The molecule has 40 heavy (non-hydrogen) atoms. The number of ether oxygens (including phenoxy) is 2. The molecule has 11 nitrogen and oxygen atoms in total. The number of hydrogen-bond acceptors (Lipinski definition) is 10. The van der Waals surface area contributed by atoms with Gasteiger partial charge >= 0.3 is 0 Å². The van der Waals surface area contributed by atoms with E-state index < -0.39 is 23.7 Å². The fourth-order valence-electron chi connectivity index (χ4n) is 7.33. The minimum Gasteiger partial charge on any atom is -0.507 e. The number of hydrogen-bond donors (Lipinski definition) is 5. The second kappa shape index (κ2) is 9.73. The summed E-state index contributed by atoms with van der Waals surface area (Å²) < 4.78 is 11.0. The van der Waals surface area contributed by atoms with Crippen LogP contribution >= 0.6 is 0 Å². The Morgan fingerprint density at radius 1 is 1.20 bits per heavy atom. The summed E-state index contributed by atoms with van der Waals surface area (Å²) in [5, 5.41) is 48.1. The number of aromatic hydroxyl groups is 3. The number of nitriles is 1. The van der Waals surface area contributed by atoms with Crippen molar-refractivity contribution in [3.05, 3.63) is 39.4 Å². The van der Waals surface area contributed by atoms with Crippen LogP contribution < -0.4 is 20.5 Å². The van der Waals surface area contributed by atoms with Crippen LogP contribution in [-0.2, 0) is 17.6 Å². The Kier molecular flexibility index (Phi) is 6.77. The summed E-state index contributed by atoms with van der Waals surface area (Å²) in [6, 6.07) is 2.31. The first-order valence-electron chi connectivity index (χ1n) is 13.4. The number of carbonyl (C=O) groups excluding carboxylic acids is 1. The Labute approximate surface area is 233 Å². The van der Waals surface area contributed by atoms with Crippen LogP contribution in [0.5, 0.6) is 28.7 Å². The molecule has 1 fully saturated rings. The van der Waals surface area contributed by atoms with Crippen LogP contribution in [0.4, 0.5) is 0 Å². The maximum Gasteiger partial charge on any atom is 0.236 e. The van der Waals surface area contributed by atoms with Gasteiger partial charge < -0.3 is 35.8 Å². The van der Waals surface area contributed by atoms with E-state index in [2.05, 4.69) is 21.2 Å². The van der Waals surface area contributed by atoms with Gasteiger partial charge in [0.15, 0.2) is 23.0 Å². The molecule has 2 aromatic rings. The summed E-state index contributed by atoms with van der Waals surface area (Å²) in [5.74, 6) is 0.0420. The van der Waals surface area contributed by atoms with Crippen molar-refractivity contribution in [2.75, 3.05) is 34.4 Å². The van der Waals surface area contributed by atoms with Crippen molar-refractivity contribution in [2.45, 2.75) is 63.3 Å². The van der Waals surface area contributed by atoms with Crippen molar-refractivity contribution in [1.82, 2.24) is 15.1 Å². The lowest BCUT2D eigenvalue weighted by molar-refractivity contribution is -0.123. The van der Waals surface area contributed by atoms with E-state index in [9.17, 15) is 25.4 Å². The van der Waals surface area contributed by atoms with E-state index in [-0.39, 0.29) is 47.9 Å². The highest BCUT2D eigenvalue weighted by molar-refractivity contribution is 5.81. The number of methoxy groups -OCH3 is 2. The molecule has 1 unspecified atom stereocenters. The van der Waals surface area contributed by atoms with Crippen molar-refractivity contribution in [3.8, 4) is 34.8 Å². The molecular formula is C29H37N5O6. The standard InChI is InChI=1S/C29H37N5O6/c1-13-7-16-9-29(11-30)12-33(4)22(20(16)24(36)26(13)39-5)18-8-17-21(25(37)27(40-6)14(2)23(17)35)19(34(18)29)10-32-28(38)15(3)31/h7,15,18-19,22,35-37H,8-10,12,31H2,1-6H3,(H,32,38)/t15-,18?,19-,22-,29-/m0/s1. The average Bonchev–Trinajstić information content (AvgIpc) is 3.11. The van der Waals surface area contributed by atoms with Gasteiger partial charge in [-0.05, 0) is 45.4 Å². The number of nitrogens with zero attached hydrogens (tertiary/aromatic N) is 3. The predicted molar refractivity (Wildman–Crippen MR) is 147 cm³/mol. The Bertz CT molecular complexity index is 1440. The number of nitrogens with two attached hydrogens (primary N) is 1. The number of rotatable bonds is 5. The molecule has 11 heteroatoms. The first kappa shape index (κ1) is 27.8. The molecule has 4 heterocycles. The molecule has 4 aliphatic heterocycles. The summed E-state index contributed by atoms with van der Waals surface area (Å²) in [4.78, 5) is 16.8. The average molecular weight is 552 g/mol. The van der Waals surface area contributed by atoms with Gasteiger partial charge in [0.25, 0.3) is 0 Å². The number of likely N-dealkylation sites (N-methyl/N-ethyl adjacent to an activating group) is 1. The van der Waals surface area contributed by atoms with Crippen LogP contribution in [0.25, 0.3) is 0 Å². The third-order valence-electron chi connectivity index (χ3n) is 8.90. The zero-order valence-corrected chi connectivity index (χ0v) is 23.7. The van der Waals surface area contributed by atoms with Gasteiger partial charge in [-0.2, -0.15) is 5.26 Å². The number of fused-ring (bicyclic) bond motifs is 2. The first-order valence-corrected chi connectivity index (χ1v) is 13.4. The maximum atomic E-state index is 12.6. The van der Waals surface area contributed by atoms with Crippen molar-refractivity contribution >= 4 is 5.91 Å². The lowest BCUT2D eigenvalue weighted by Crippen LogP contribution is -2.68. The van der Waals surface area contributed by atoms with E-state index >= 15 is 0 Å². The second-order valence-corrected chi connectivity index (χ2v) is 11.3. The van der Waals surface area contributed by atoms with Gasteiger partial charge in [0, 0.05) is 47.8 Å². The lowest BCUT2D eigenvalue weighted by Gasteiger charge is -2.57. The molecule has 2 bridgehead atoms. The van der Waals surface area contributed by atoms with E-state index in [1.54, 1.807) is 13.8 Å². The zero-order valence-electron chi connectivity index (χ0n) is 23.7. The number of carbonyl (C=O) groups is 1. The summed E-state index contributed by atoms with van der Waals surface area (Å²) in [5.41, 5.74) is 8.36. The lowest BCUT2D eigenvalue weighted by atomic mass is 9.76.